The molecule has 1 atom stereocenters. The number of nitrogens with zero attached hydrogens (tertiary/aromatic N) is 3. The van der Waals surface area contributed by atoms with E-state index in [-0.39, 0.29) is 21.7 Å². The molecule has 1 spiro atoms. The van der Waals surface area contributed by atoms with Gasteiger partial charge in [-0.2, -0.15) is 0 Å². The van der Waals surface area contributed by atoms with Crippen LogP contribution in [0.4, 0.5) is 34.1 Å². The molecule has 2 aliphatic rings. The van der Waals surface area contributed by atoms with E-state index in [2.05, 4.69) is 322 Å². The molecule has 11 aromatic carbocycles. The van der Waals surface area contributed by atoms with Crippen molar-refractivity contribution in [3.8, 4) is 16.8 Å². The second kappa shape index (κ2) is 18.9. The van der Waals surface area contributed by atoms with Crippen LogP contribution in [0.1, 0.15) is 128 Å². The molecule has 0 bridgehead atoms. The summed E-state index contributed by atoms with van der Waals surface area (Å²) in [5, 5.41) is 7.21. The minimum atomic E-state index is -0.881. The Morgan fingerprint density at radius 3 is 1.36 bits per heavy atom. The van der Waals surface area contributed by atoms with Crippen molar-refractivity contribution in [3.63, 3.8) is 0 Å². The van der Waals surface area contributed by atoms with Gasteiger partial charge in [-0.1, -0.05) is 223 Å². The molecule has 5 heteroatoms. The van der Waals surface area contributed by atoms with Crippen LogP contribution in [0, 0.1) is 0 Å². The maximum atomic E-state index is 7.58. The molecular weight excluding hydrogens is 1090 g/mol. The van der Waals surface area contributed by atoms with Gasteiger partial charge in [0.2, 0.25) is 0 Å². The Kier molecular flexibility index (Phi) is 11.7. The van der Waals surface area contributed by atoms with Crippen LogP contribution in [0.15, 0.2) is 229 Å². The third-order valence-electron chi connectivity index (χ3n) is 19.4. The van der Waals surface area contributed by atoms with Crippen LogP contribution >= 0.6 is 11.3 Å². The fourth-order valence-electron chi connectivity index (χ4n) is 14.9. The SMILES string of the molecule is CC(C)(C)c1ccc(N(c2ccc(C(C)(C)C)cc2)c2cc3c(c4c2oc2ccccc24)-c2c(cc(N(c4ccc(C(C)(C)C)cc4)c4ccc(C(C)(C)C)cc4)c4sc5ccccc5c24)C32c3ccccc3-n3c4ccccc4c4cccc2c43)cc1. The van der Waals surface area contributed by atoms with Gasteiger partial charge >= 0.3 is 0 Å². The van der Waals surface area contributed by atoms with Crippen molar-refractivity contribution in [2.24, 2.45) is 0 Å². The number of fused-ring (bicyclic) bond motifs is 20. The average molecular weight is 1160 g/mol. The van der Waals surface area contributed by atoms with Gasteiger partial charge < -0.3 is 18.8 Å². The predicted octanol–water partition coefficient (Wildman–Crippen LogP) is 23.9. The lowest BCUT2D eigenvalue weighted by atomic mass is 9.65. The smallest absolute Gasteiger partial charge is 0.160 e. The van der Waals surface area contributed by atoms with Crippen molar-refractivity contribution in [2.75, 3.05) is 9.80 Å². The normalized spacial score (nSPS) is 14.9. The highest BCUT2D eigenvalue weighted by molar-refractivity contribution is 7.26. The summed E-state index contributed by atoms with van der Waals surface area (Å²) < 4.78 is 12.6. The Labute approximate surface area is 520 Å². The molecule has 0 saturated heterocycles. The first-order valence-corrected chi connectivity index (χ1v) is 32.1. The lowest BCUT2D eigenvalue weighted by molar-refractivity contribution is 0.590. The van der Waals surface area contributed by atoms with Gasteiger partial charge in [-0.15, -0.1) is 11.3 Å². The van der Waals surface area contributed by atoms with Gasteiger partial charge in [0.25, 0.3) is 0 Å². The molecule has 1 unspecified atom stereocenters. The highest BCUT2D eigenvalue weighted by atomic mass is 32.1. The largest absolute Gasteiger partial charge is 0.454 e. The number of benzene rings is 11. The molecule has 1 aliphatic heterocycles. The van der Waals surface area contributed by atoms with Crippen LogP contribution in [0.2, 0.25) is 0 Å². The minimum absolute atomic E-state index is 0.0250. The van der Waals surface area contributed by atoms with Crippen LogP contribution in [0.25, 0.3) is 80.7 Å². The standard InChI is InChI=1S/C83H73N3OS/c1-79(2,3)50-32-40-54(41-33-50)84(55-42-34-51(35-43-55)80(4,5)6)68-48-64-74(72-60-23-14-19-30-70(60)87-77(68)72)75-65(83(64)62-26-16-18-29-67(62)86-66-28-17-13-22-58(66)59-25-21-27-63(83)76(59)86)49-69(78-73(75)61-24-15-20-31-71(61)88-78)85(56-44-36-52(37-45-56)81(7,8)9)57-46-38-53(39-47-57)82(10,11)12/h13-49H,1-12H3. The number of thiophene rings is 1. The first-order chi connectivity index (χ1) is 42.2. The summed E-state index contributed by atoms with van der Waals surface area (Å²) in [6.45, 7) is 27.6. The van der Waals surface area contributed by atoms with Crippen molar-refractivity contribution in [3.05, 3.63) is 269 Å². The number of aromatic nitrogens is 1. The summed E-state index contributed by atoms with van der Waals surface area (Å²) in [5.41, 5.74) is 23.5. The van der Waals surface area contributed by atoms with E-state index in [0.717, 1.165) is 56.1 Å². The van der Waals surface area contributed by atoms with E-state index in [9.17, 15) is 0 Å². The highest BCUT2D eigenvalue weighted by Crippen LogP contribution is 2.67. The summed E-state index contributed by atoms with van der Waals surface area (Å²) in [4.78, 5) is 5.05. The zero-order valence-electron chi connectivity index (χ0n) is 52.5. The van der Waals surface area contributed by atoms with Gasteiger partial charge in [0.15, 0.2) is 5.58 Å². The fraction of sp³-hybridized carbons (Fsp3) is 0.205. The van der Waals surface area contributed by atoms with Crippen molar-refractivity contribution in [2.45, 2.75) is 110 Å². The van der Waals surface area contributed by atoms with Gasteiger partial charge in [-0.3, -0.25) is 0 Å². The number of anilines is 6. The first-order valence-electron chi connectivity index (χ1n) is 31.3. The molecule has 0 amide bonds. The fourth-order valence-corrected chi connectivity index (χ4v) is 16.1. The average Bonchev–Trinajstić information content (AvgIpc) is 1.47. The van der Waals surface area contributed by atoms with E-state index in [0.29, 0.717) is 0 Å². The zero-order chi connectivity index (χ0) is 60.6. The van der Waals surface area contributed by atoms with Gasteiger partial charge in [0, 0.05) is 59.8 Å². The molecule has 0 saturated carbocycles. The minimum Gasteiger partial charge on any atom is -0.454 e. The maximum Gasteiger partial charge on any atom is 0.160 e. The van der Waals surface area contributed by atoms with Crippen LogP contribution in [0.5, 0.6) is 0 Å². The first kappa shape index (κ1) is 54.2. The van der Waals surface area contributed by atoms with Crippen LogP contribution in [0.3, 0.4) is 0 Å². The predicted molar refractivity (Wildman–Crippen MR) is 376 cm³/mol. The van der Waals surface area contributed by atoms with Gasteiger partial charge in [-0.25, -0.2) is 0 Å². The molecule has 16 rings (SSSR count). The topological polar surface area (TPSA) is 24.6 Å². The van der Waals surface area contributed by atoms with Crippen molar-refractivity contribution in [1.29, 1.82) is 0 Å². The second-order valence-corrected chi connectivity index (χ2v) is 30.0. The molecule has 0 N–H and O–H groups in total. The summed E-state index contributed by atoms with van der Waals surface area (Å²) in [5.74, 6) is 0. The monoisotopic (exact) mass is 1160 g/mol. The third-order valence-corrected chi connectivity index (χ3v) is 20.6. The van der Waals surface area contributed by atoms with Crippen LogP contribution < -0.4 is 9.80 Å². The van der Waals surface area contributed by atoms with E-state index in [1.807, 2.05) is 11.3 Å². The zero-order valence-corrected chi connectivity index (χ0v) is 53.3. The molecule has 1 aliphatic carbocycles. The summed E-state index contributed by atoms with van der Waals surface area (Å²) in [7, 11) is 0. The molecule has 0 radical (unpaired) electrons. The highest BCUT2D eigenvalue weighted by Gasteiger charge is 2.54. The Morgan fingerprint density at radius 2 is 0.807 bits per heavy atom. The van der Waals surface area contributed by atoms with E-state index in [1.165, 1.54) is 103 Å². The van der Waals surface area contributed by atoms with Crippen LogP contribution in [-0.4, -0.2) is 4.57 Å². The Hall–Kier alpha value is -9.16. The lowest BCUT2D eigenvalue weighted by Gasteiger charge is -2.40. The van der Waals surface area contributed by atoms with E-state index in [1.54, 1.807) is 0 Å². The number of furan rings is 1. The summed E-state index contributed by atoms with van der Waals surface area (Å²) >= 11 is 1.91. The number of hydrogen-bond donors (Lipinski definition) is 0. The molecule has 432 valence electrons. The molecular formula is C83H73N3OS. The molecule has 4 nitrogen and oxygen atoms in total. The van der Waals surface area contributed by atoms with Crippen molar-refractivity contribution < 1.29 is 4.42 Å². The van der Waals surface area contributed by atoms with Crippen molar-refractivity contribution in [1.82, 2.24) is 4.57 Å². The number of rotatable bonds is 6. The molecule has 4 heterocycles. The number of para-hydroxylation sites is 4. The molecule has 14 aromatic rings. The van der Waals surface area contributed by atoms with Gasteiger partial charge in [-0.05, 0) is 162 Å². The Balaban J connectivity index is 1.12. The quantitative estimate of drug-likeness (QED) is 0.166. The number of hydrogen-bond acceptors (Lipinski definition) is 4. The maximum absolute atomic E-state index is 7.58. The van der Waals surface area contributed by atoms with E-state index >= 15 is 0 Å². The summed E-state index contributed by atoms with van der Waals surface area (Å²) in [6.07, 6.45) is 0. The van der Waals surface area contributed by atoms with Crippen LogP contribution in [-0.2, 0) is 27.1 Å². The Morgan fingerprint density at radius 1 is 0.375 bits per heavy atom. The van der Waals surface area contributed by atoms with Crippen molar-refractivity contribution >= 4 is 109 Å². The van der Waals surface area contributed by atoms with Gasteiger partial charge in [0.1, 0.15) is 5.58 Å². The second-order valence-electron chi connectivity index (χ2n) is 28.9. The molecule has 3 aromatic heterocycles. The summed E-state index contributed by atoms with van der Waals surface area (Å²) in [6, 6.07) is 86.0. The van der Waals surface area contributed by atoms with E-state index in [4.69, 9.17) is 4.42 Å². The molecule has 0 fully saturated rings. The lowest BCUT2D eigenvalue weighted by Crippen LogP contribution is -2.34. The third kappa shape index (κ3) is 7.88. The Bertz CT molecular complexity index is 4800. The molecule has 88 heavy (non-hydrogen) atoms. The van der Waals surface area contributed by atoms with Gasteiger partial charge in [0.05, 0.1) is 38.2 Å². The van der Waals surface area contributed by atoms with E-state index < -0.39 is 5.41 Å².